The molecular weight excluding hydrogens is 374 g/mol. The fraction of sp³-hybridized carbons (Fsp3) is 0.176. The second-order valence-electron chi connectivity index (χ2n) is 5.43. The Bertz CT molecular complexity index is 916. The van der Waals surface area contributed by atoms with E-state index in [4.69, 9.17) is 5.73 Å². The maximum Gasteiger partial charge on any atom is 0.267 e. The van der Waals surface area contributed by atoms with Gasteiger partial charge in [0.1, 0.15) is 9.71 Å². The van der Waals surface area contributed by atoms with Crippen LogP contribution >= 0.6 is 27.3 Å². The minimum Gasteiger partial charge on any atom is -0.397 e. The molecule has 3 aromatic rings. The molecule has 0 spiro atoms. The molecule has 118 valence electrons. The van der Waals surface area contributed by atoms with Crippen molar-refractivity contribution >= 4 is 54.8 Å². The van der Waals surface area contributed by atoms with Crippen LogP contribution in [0.5, 0.6) is 0 Å². The summed E-state index contributed by atoms with van der Waals surface area (Å²) in [5.74, 6) is -0.206. The highest BCUT2D eigenvalue weighted by atomic mass is 79.9. The van der Waals surface area contributed by atoms with Crippen LogP contribution in [0.3, 0.4) is 0 Å². The third kappa shape index (κ3) is 2.84. The predicted octanol–water partition coefficient (Wildman–Crippen LogP) is 4.82. The minimum atomic E-state index is -0.206. The molecule has 2 heterocycles. The Balaban J connectivity index is 2.02. The van der Waals surface area contributed by atoms with E-state index in [1.807, 2.05) is 45.0 Å². The van der Waals surface area contributed by atoms with E-state index in [-0.39, 0.29) is 5.91 Å². The number of rotatable bonds is 2. The summed E-state index contributed by atoms with van der Waals surface area (Å²) in [6.45, 7) is 6.01. The molecule has 0 aliphatic rings. The van der Waals surface area contributed by atoms with Gasteiger partial charge in [-0.1, -0.05) is 15.9 Å². The monoisotopic (exact) mass is 389 g/mol. The number of anilines is 2. The van der Waals surface area contributed by atoms with E-state index in [0.717, 1.165) is 37.2 Å². The molecule has 2 aromatic heterocycles. The highest BCUT2D eigenvalue weighted by molar-refractivity contribution is 9.10. The summed E-state index contributed by atoms with van der Waals surface area (Å²) in [5, 5.41) is 3.77. The maximum atomic E-state index is 12.6. The van der Waals surface area contributed by atoms with Gasteiger partial charge in [-0.05, 0) is 56.2 Å². The Morgan fingerprint density at radius 1 is 1.17 bits per heavy atom. The van der Waals surface area contributed by atoms with Gasteiger partial charge in [-0.25, -0.2) is 4.98 Å². The molecule has 0 unspecified atom stereocenters. The number of carbonyl (C=O) groups is 1. The molecule has 0 saturated heterocycles. The van der Waals surface area contributed by atoms with Gasteiger partial charge in [-0.15, -0.1) is 11.3 Å². The molecule has 4 nitrogen and oxygen atoms in total. The molecule has 0 bridgehead atoms. The Kier molecular flexibility index (Phi) is 4.12. The number of nitrogen functional groups attached to an aromatic ring is 1. The van der Waals surface area contributed by atoms with E-state index in [2.05, 4.69) is 26.2 Å². The van der Waals surface area contributed by atoms with Crippen molar-refractivity contribution in [1.82, 2.24) is 4.98 Å². The number of nitrogens with zero attached hydrogens (tertiary/aromatic N) is 1. The molecule has 23 heavy (non-hydrogen) atoms. The number of aromatic nitrogens is 1. The Hall–Kier alpha value is -1.92. The van der Waals surface area contributed by atoms with Crippen LogP contribution in [0, 0.1) is 20.8 Å². The molecule has 0 aliphatic heterocycles. The molecular formula is C17H16BrN3OS. The van der Waals surface area contributed by atoms with Crippen molar-refractivity contribution in [1.29, 1.82) is 0 Å². The van der Waals surface area contributed by atoms with E-state index in [0.29, 0.717) is 10.6 Å². The van der Waals surface area contributed by atoms with Crippen LogP contribution < -0.4 is 11.1 Å². The number of benzene rings is 1. The van der Waals surface area contributed by atoms with E-state index in [1.54, 1.807) is 0 Å². The minimum absolute atomic E-state index is 0.206. The zero-order valence-corrected chi connectivity index (χ0v) is 15.4. The molecule has 0 fully saturated rings. The number of nitrogens with two attached hydrogens (primary N) is 1. The smallest absolute Gasteiger partial charge is 0.267 e. The topological polar surface area (TPSA) is 68.0 Å². The highest BCUT2D eigenvalue weighted by Crippen LogP contribution is 2.36. The van der Waals surface area contributed by atoms with Crippen molar-refractivity contribution in [2.24, 2.45) is 0 Å². The summed E-state index contributed by atoms with van der Waals surface area (Å²) < 4.78 is 0.961. The SMILES string of the molecule is Cc1nc2sc(C(=O)Nc3ccc(Br)cc3)c(N)c2c(C)c1C. The Labute approximate surface area is 146 Å². The number of fused-ring (bicyclic) bond motifs is 1. The van der Waals surface area contributed by atoms with Gasteiger partial charge >= 0.3 is 0 Å². The van der Waals surface area contributed by atoms with E-state index in [9.17, 15) is 4.79 Å². The lowest BCUT2D eigenvalue weighted by molar-refractivity contribution is 0.103. The molecule has 1 aromatic carbocycles. The first-order valence-electron chi connectivity index (χ1n) is 7.11. The van der Waals surface area contributed by atoms with Gasteiger partial charge in [0.15, 0.2) is 0 Å². The quantitative estimate of drug-likeness (QED) is 0.659. The van der Waals surface area contributed by atoms with Crippen molar-refractivity contribution in [2.75, 3.05) is 11.1 Å². The summed E-state index contributed by atoms with van der Waals surface area (Å²) in [6, 6.07) is 7.43. The molecule has 3 N–H and O–H groups in total. The average molecular weight is 390 g/mol. The lowest BCUT2D eigenvalue weighted by Crippen LogP contribution is -2.11. The van der Waals surface area contributed by atoms with Gasteiger partial charge < -0.3 is 11.1 Å². The van der Waals surface area contributed by atoms with E-state index in [1.165, 1.54) is 11.3 Å². The lowest BCUT2D eigenvalue weighted by Gasteiger charge is -2.06. The lowest BCUT2D eigenvalue weighted by atomic mass is 10.1. The molecule has 0 saturated carbocycles. The van der Waals surface area contributed by atoms with Gasteiger partial charge in [-0.2, -0.15) is 0 Å². The van der Waals surface area contributed by atoms with Crippen molar-refractivity contribution in [2.45, 2.75) is 20.8 Å². The van der Waals surface area contributed by atoms with Gasteiger partial charge in [-0.3, -0.25) is 4.79 Å². The number of thiophene rings is 1. The van der Waals surface area contributed by atoms with Crippen molar-refractivity contribution in [3.05, 3.63) is 50.4 Å². The van der Waals surface area contributed by atoms with Crippen LogP contribution in [-0.4, -0.2) is 10.9 Å². The van der Waals surface area contributed by atoms with Crippen LogP contribution in [0.1, 0.15) is 26.5 Å². The first kappa shape index (κ1) is 16.0. The number of pyridine rings is 1. The maximum absolute atomic E-state index is 12.6. The third-order valence-corrected chi connectivity index (χ3v) is 5.61. The summed E-state index contributed by atoms with van der Waals surface area (Å²) in [4.78, 5) is 18.4. The van der Waals surface area contributed by atoms with Crippen molar-refractivity contribution in [3.8, 4) is 0 Å². The largest absolute Gasteiger partial charge is 0.397 e. The highest BCUT2D eigenvalue weighted by Gasteiger charge is 2.20. The van der Waals surface area contributed by atoms with Crippen LogP contribution in [0.15, 0.2) is 28.7 Å². The summed E-state index contributed by atoms with van der Waals surface area (Å²) in [5.41, 5.74) is 10.6. The fourth-order valence-electron chi connectivity index (χ4n) is 2.46. The number of carbonyl (C=O) groups excluding carboxylic acids is 1. The molecule has 1 amide bonds. The number of nitrogens with one attached hydrogen (secondary N) is 1. The first-order chi connectivity index (χ1) is 10.9. The van der Waals surface area contributed by atoms with Crippen LogP contribution in [0.25, 0.3) is 10.2 Å². The molecule has 0 atom stereocenters. The molecule has 0 radical (unpaired) electrons. The number of halogens is 1. The fourth-order valence-corrected chi connectivity index (χ4v) is 3.82. The number of hydrogen-bond acceptors (Lipinski definition) is 4. The van der Waals surface area contributed by atoms with Gasteiger partial charge in [0.05, 0.1) is 5.69 Å². The van der Waals surface area contributed by atoms with E-state index < -0.39 is 0 Å². The molecule has 3 rings (SSSR count). The second-order valence-corrected chi connectivity index (χ2v) is 7.35. The zero-order valence-electron chi connectivity index (χ0n) is 13.0. The van der Waals surface area contributed by atoms with Crippen LogP contribution in [0.2, 0.25) is 0 Å². The average Bonchev–Trinajstić information content (AvgIpc) is 2.84. The molecule has 6 heteroatoms. The number of amides is 1. The zero-order chi connectivity index (χ0) is 16.7. The van der Waals surface area contributed by atoms with Crippen molar-refractivity contribution in [3.63, 3.8) is 0 Å². The van der Waals surface area contributed by atoms with Gasteiger partial charge in [0.2, 0.25) is 0 Å². The second kappa shape index (κ2) is 5.94. The summed E-state index contributed by atoms with van der Waals surface area (Å²) in [6.07, 6.45) is 0. The number of hydrogen-bond donors (Lipinski definition) is 2. The normalized spacial score (nSPS) is 11.0. The summed E-state index contributed by atoms with van der Waals surface area (Å²) in [7, 11) is 0. The number of aryl methyl sites for hydroxylation is 2. The standard InChI is InChI=1S/C17H16BrN3OS/c1-8-9(2)13-14(19)15(23-17(13)20-10(8)3)16(22)21-12-6-4-11(18)5-7-12/h4-7H,19H2,1-3H3,(H,21,22). The van der Waals surface area contributed by atoms with Crippen LogP contribution in [-0.2, 0) is 0 Å². The summed E-state index contributed by atoms with van der Waals surface area (Å²) >= 11 is 4.71. The van der Waals surface area contributed by atoms with Crippen molar-refractivity contribution < 1.29 is 4.79 Å². The first-order valence-corrected chi connectivity index (χ1v) is 8.72. The van der Waals surface area contributed by atoms with Gasteiger partial charge in [0.25, 0.3) is 5.91 Å². The van der Waals surface area contributed by atoms with Crippen LogP contribution in [0.4, 0.5) is 11.4 Å². The Morgan fingerprint density at radius 3 is 2.48 bits per heavy atom. The molecule has 0 aliphatic carbocycles. The third-order valence-electron chi connectivity index (χ3n) is 3.98. The Morgan fingerprint density at radius 2 is 1.83 bits per heavy atom. The van der Waals surface area contributed by atoms with E-state index >= 15 is 0 Å². The predicted molar refractivity (Wildman–Crippen MR) is 100 cm³/mol. The van der Waals surface area contributed by atoms with Gasteiger partial charge in [0, 0.05) is 21.2 Å².